The molecule has 1 aliphatic rings. The highest BCUT2D eigenvalue weighted by atomic mass is 16.3. The zero-order chi connectivity index (χ0) is 40.5. The van der Waals surface area contributed by atoms with Gasteiger partial charge in [0.25, 0.3) is 0 Å². The maximum atomic E-state index is 11.4. The zero-order valence-electron chi connectivity index (χ0n) is 34.0. The van der Waals surface area contributed by atoms with Crippen LogP contribution in [0.25, 0.3) is 83.9 Å². The second kappa shape index (κ2) is 13.1. The monoisotopic (exact) mass is 724 g/mol. The van der Waals surface area contributed by atoms with Crippen molar-refractivity contribution in [1.82, 2.24) is 14.5 Å². The van der Waals surface area contributed by atoms with E-state index in [1.54, 1.807) is 24.3 Å². The summed E-state index contributed by atoms with van der Waals surface area (Å²) in [6, 6.07) is 56.4. The molecular weight excluding hydrogens is 683 g/mol. The molecule has 0 atom stereocenters. The fraction of sp³-hybridized carbons (Fsp3) is 0.0769. The van der Waals surface area contributed by atoms with E-state index in [1.807, 2.05) is 66.9 Å². The van der Waals surface area contributed by atoms with Gasteiger partial charge in [-0.3, -0.25) is 9.55 Å². The molecule has 9 aromatic rings. The lowest BCUT2D eigenvalue weighted by atomic mass is 9.78. The van der Waals surface area contributed by atoms with Gasteiger partial charge in [-0.25, -0.2) is 4.98 Å². The van der Waals surface area contributed by atoms with Gasteiger partial charge in [-0.05, 0) is 106 Å². The summed E-state index contributed by atoms with van der Waals surface area (Å²) in [5.74, 6) is 0.631. The first kappa shape index (κ1) is 30.3. The van der Waals surface area contributed by atoms with Crippen molar-refractivity contribution in [2.75, 3.05) is 0 Å². The number of phenols is 1. The van der Waals surface area contributed by atoms with Gasteiger partial charge in [-0.2, -0.15) is 0 Å². The SMILES string of the molecule is [2H]C([2H])([2H])c1ccc(-n2c(-c3ccccc3O)nc3c(-c4cc(-c5cc(-c6ccccc6)ccn5)cc5c4C(C)(C)c4ccccc4-5)cccc32)c(-c2ccccc2)c1. The Balaban J connectivity index is 1.28. The smallest absolute Gasteiger partial charge is 0.149 e. The van der Waals surface area contributed by atoms with Crippen molar-refractivity contribution < 1.29 is 9.22 Å². The maximum absolute atomic E-state index is 11.4. The van der Waals surface area contributed by atoms with Gasteiger partial charge in [0, 0.05) is 32.4 Å². The average molecular weight is 725 g/mol. The molecule has 0 aliphatic heterocycles. The van der Waals surface area contributed by atoms with Gasteiger partial charge in [0.05, 0.1) is 28.0 Å². The Morgan fingerprint density at radius 3 is 2.00 bits per heavy atom. The molecule has 0 unspecified atom stereocenters. The quantitative estimate of drug-likeness (QED) is 0.186. The largest absolute Gasteiger partial charge is 0.507 e. The summed E-state index contributed by atoms with van der Waals surface area (Å²) >= 11 is 0. The molecule has 0 spiro atoms. The van der Waals surface area contributed by atoms with Gasteiger partial charge < -0.3 is 5.11 Å². The van der Waals surface area contributed by atoms with Crippen LogP contribution in [-0.2, 0) is 5.41 Å². The normalized spacial score (nSPS) is 13.8. The van der Waals surface area contributed by atoms with Crippen LogP contribution in [0.2, 0.25) is 0 Å². The third kappa shape index (κ3) is 5.37. The van der Waals surface area contributed by atoms with Crippen molar-refractivity contribution >= 4 is 11.0 Å². The number of aromatic hydroxyl groups is 1. The van der Waals surface area contributed by atoms with E-state index in [9.17, 15) is 5.11 Å². The van der Waals surface area contributed by atoms with E-state index in [2.05, 4.69) is 103 Å². The summed E-state index contributed by atoms with van der Waals surface area (Å²) in [7, 11) is 0. The second-order valence-corrected chi connectivity index (χ2v) is 15.0. The van der Waals surface area contributed by atoms with Crippen molar-refractivity contribution in [1.29, 1.82) is 0 Å². The zero-order valence-corrected chi connectivity index (χ0v) is 31.0. The van der Waals surface area contributed by atoms with Crippen LogP contribution in [0.15, 0.2) is 176 Å². The molecule has 4 heteroatoms. The number of pyridine rings is 1. The number of para-hydroxylation sites is 2. The first-order chi connectivity index (χ1) is 28.6. The molecular formula is C52H39N3O. The predicted molar refractivity (Wildman–Crippen MR) is 230 cm³/mol. The number of nitrogens with zero attached hydrogens (tertiary/aromatic N) is 3. The minimum Gasteiger partial charge on any atom is -0.507 e. The lowest BCUT2D eigenvalue weighted by Gasteiger charge is -2.25. The molecule has 268 valence electrons. The molecule has 1 aliphatic carbocycles. The Labute approximate surface area is 331 Å². The molecule has 7 aromatic carbocycles. The van der Waals surface area contributed by atoms with Gasteiger partial charge in [0.15, 0.2) is 0 Å². The summed E-state index contributed by atoms with van der Waals surface area (Å²) in [6.45, 7) is 2.28. The van der Waals surface area contributed by atoms with Crippen LogP contribution < -0.4 is 0 Å². The topological polar surface area (TPSA) is 50.9 Å². The minimum absolute atomic E-state index is 0.0924. The van der Waals surface area contributed by atoms with Crippen molar-refractivity contribution in [2.24, 2.45) is 0 Å². The molecule has 0 saturated carbocycles. The van der Waals surface area contributed by atoms with E-state index in [-0.39, 0.29) is 16.7 Å². The molecule has 1 N–H and O–H groups in total. The van der Waals surface area contributed by atoms with Crippen LogP contribution in [0.5, 0.6) is 5.75 Å². The van der Waals surface area contributed by atoms with Crippen LogP contribution in [0, 0.1) is 6.85 Å². The molecule has 2 heterocycles. The number of rotatable bonds is 6. The Hall–Kier alpha value is -7.04. The van der Waals surface area contributed by atoms with Crippen LogP contribution in [0.1, 0.15) is 34.7 Å². The van der Waals surface area contributed by atoms with Gasteiger partial charge in [0.2, 0.25) is 0 Å². The van der Waals surface area contributed by atoms with Crippen LogP contribution in [-0.4, -0.2) is 19.6 Å². The lowest BCUT2D eigenvalue weighted by molar-refractivity contribution is 0.477. The van der Waals surface area contributed by atoms with E-state index >= 15 is 0 Å². The number of benzene rings is 7. The summed E-state index contributed by atoms with van der Waals surface area (Å²) in [6.07, 6.45) is 1.88. The average Bonchev–Trinajstić information content (AvgIpc) is 3.76. The first-order valence-electron chi connectivity index (χ1n) is 20.4. The second-order valence-electron chi connectivity index (χ2n) is 15.0. The Bertz CT molecular complexity index is 3080. The highest BCUT2D eigenvalue weighted by molar-refractivity contribution is 6.01. The van der Waals surface area contributed by atoms with Crippen molar-refractivity contribution in [3.63, 3.8) is 0 Å². The van der Waals surface area contributed by atoms with Gasteiger partial charge >= 0.3 is 0 Å². The lowest BCUT2D eigenvalue weighted by Crippen LogP contribution is -2.16. The number of fused-ring (bicyclic) bond motifs is 4. The van der Waals surface area contributed by atoms with E-state index in [0.717, 1.165) is 66.9 Å². The van der Waals surface area contributed by atoms with E-state index in [0.29, 0.717) is 11.4 Å². The Kier molecular flexibility index (Phi) is 7.07. The Morgan fingerprint density at radius 1 is 0.554 bits per heavy atom. The molecule has 0 saturated heterocycles. The molecule has 0 fully saturated rings. The van der Waals surface area contributed by atoms with E-state index in [1.165, 1.54) is 16.7 Å². The Morgan fingerprint density at radius 2 is 1.23 bits per heavy atom. The fourth-order valence-electron chi connectivity index (χ4n) is 8.67. The van der Waals surface area contributed by atoms with Crippen molar-refractivity contribution in [3.05, 3.63) is 193 Å². The van der Waals surface area contributed by atoms with E-state index < -0.39 is 6.85 Å². The molecule has 0 radical (unpaired) electrons. The number of hydrogen-bond acceptors (Lipinski definition) is 3. The molecule has 4 nitrogen and oxygen atoms in total. The third-order valence-electron chi connectivity index (χ3n) is 11.3. The molecule has 0 bridgehead atoms. The molecule has 10 rings (SSSR count). The highest BCUT2D eigenvalue weighted by Gasteiger charge is 2.38. The standard InChI is InChI=1S/C52H39N3O/c1-33-25-26-46(41(29-33)35-17-8-5-9-18-35)55-47-23-14-21-39(50(47)54-51(55)40-20-11-13-24-48(40)56)43-31-37(45-32-36(27-28-53-45)34-15-6-4-7-16-34)30-42-38-19-10-12-22-44(38)52(2,3)49(42)43/h4-32,56H,1-3H3/i1D3. The van der Waals surface area contributed by atoms with E-state index in [4.69, 9.17) is 14.1 Å². The maximum Gasteiger partial charge on any atom is 0.149 e. The van der Waals surface area contributed by atoms with Gasteiger partial charge in [-0.1, -0.05) is 135 Å². The summed E-state index contributed by atoms with van der Waals surface area (Å²) < 4.78 is 26.9. The van der Waals surface area contributed by atoms with Crippen LogP contribution >= 0.6 is 0 Å². The fourth-order valence-corrected chi connectivity index (χ4v) is 8.67. The first-order valence-corrected chi connectivity index (χ1v) is 18.9. The highest BCUT2D eigenvalue weighted by Crippen LogP contribution is 2.54. The molecule has 2 aromatic heterocycles. The number of aromatic nitrogens is 3. The summed E-state index contributed by atoms with van der Waals surface area (Å²) in [4.78, 5) is 10.4. The van der Waals surface area contributed by atoms with Crippen LogP contribution in [0.4, 0.5) is 0 Å². The predicted octanol–water partition coefficient (Wildman–Crippen LogP) is 13.1. The van der Waals surface area contributed by atoms with Gasteiger partial charge in [-0.15, -0.1) is 0 Å². The molecule has 0 amide bonds. The number of phenolic OH excluding ortho intramolecular Hbond substituents is 1. The molecule has 56 heavy (non-hydrogen) atoms. The van der Waals surface area contributed by atoms with Crippen LogP contribution in [0.3, 0.4) is 0 Å². The number of aryl methyl sites for hydroxylation is 1. The number of imidazole rings is 1. The van der Waals surface area contributed by atoms with Crippen molar-refractivity contribution in [3.8, 4) is 78.6 Å². The minimum atomic E-state index is -2.31. The summed E-state index contributed by atoms with van der Waals surface area (Å²) in [5, 5.41) is 11.4. The van der Waals surface area contributed by atoms with Gasteiger partial charge in [0.1, 0.15) is 11.6 Å². The third-order valence-corrected chi connectivity index (χ3v) is 11.3. The summed E-state index contributed by atoms with van der Waals surface area (Å²) in [5.41, 5.74) is 15.3. The van der Waals surface area contributed by atoms with Crippen molar-refractivity contribution in [2.45, 2.75) is 26.1 Å². The number of hydrogen-bond donors (Lipinski definition) is 1.